The van der Waals surface area contributed by atoms with Gasteiger partial charge in [0.2, 0.25) is 11.7 Å². The molecule has 2 saturated carbocycles. The average molecular weight is 958 g/mol. The van der Waals surface area contributed by atoms with Crippen LogP contribution < -0.4 is 10.0 Å². The monoisotopic (exact) mass is 957 g/mol. The lowest BCUT2D eigenvalue weighted by atomic mass is 9.93. The normalized spacial score (nSPS) is 17.5. The summed E-state index contributed by atoms with van der Waals surface area (Å²) >= 11 is 3.67. The molecule has 0 saturated heterocycles. The molecule has 2 aromatic carbocycles. The molecule has 2 N–H and O–H groups in total. The summed E-state index contributed by atoms with van der Waals surface area (Å²) in [4.78, 5) is 18.8. The Labute approximate surface area is 371 Å². The summed E-state index contributed by atoms with van der Waals surface area (Å²) in [5, 5.41) is 10.2. The van der Waals surface area contributed by atoms with Crippen molar-refractivity contribution in [2.24, 2.45) is 0 Å². The van der Waals surface area contributed by atoms with Crippen molar-refractivity contribution >= 4 is 56.8 Å². The largest absolute Gasteiger partial charge is 0.615 e. The quantitative estimate of drug-likeness (QED) is 0.0645. The van der Waals surface area contributed by atoms with Crippen LogP contribution in [0.3, 0.4) is 0 Å². The second-order valence-corrected chi connectivity index (χ2v) is 20.5. The molecule has 3 heterocycles. The lowest BCUT2D eigenvalue weighted by Gasteiger charge is -2.24. The number of fused-ring (bicyclic) bond motifs is 2. The first-order valence-electron chi connectivity index (χ1n) is 20.0. The topological polar surface area (TPSA) is 136 Å². The number of carbonyl (C=O) groups is 1. The minimum atomic E-state index is -5.13. The summed E-state index contributed by atoms with van der Waals surface area (Å²) in [5.41, 5.74) is -3.34. The van der Waals surface area contributed by atoms with Gasteiger partial charge in [0.1, 0.15) is 46.6 Å². The zero-order chi connectivity index (χ0) is 46.0. The zero-order valence-corrected chi connectivity index (χ0v) is 36.2. The minimum absolute atomic E-state index is 0.00170. The van der Waals surface area contributed by atoms with E-state index in [0.29, 0.717) is 18.9 Å². The van der Waals surface area contributed by atoms with Crippen LogP contribution in [0, 0.1) is 23.5 Å². The maximum absolute atomic E-state index is 15.1. The van der Waals surface area contributed by atoms with E-state index in [0.717, 1.165) is 29.7 Å². The lowest BCUT2D eigenvalue weighted by molar-refractivity contribution is -0.142. The molecule has 3 aliphatic rings. The van der Waals surface area contributed by atoms with E-state index < -0.39 is 119 Å². The molecule has 0 spiro atoms. The minimum Gasteiger partial charge on any atom is -0.615 e. The molecular weight excluding hydrogens is 921 g/mol. The summed E-state index contributed by atoms with van der Waals surface area (Å²) in [6, 6.07) is 6.78. The van der Waals surface area contributed by atoms with Gasteiger partial charge in [0, 0.05) is 42.0 Å². The Morgan fingerprint density at radius 2 is 1.66 bits per heavy atom. The summed E-state index contributed by atoms with van der Waals surface area (Å²) in [6.07, 6.45) is -7.32. The van der Waals surface area contributed by atoms with Crippen LogP contribution in [-0.2, 0) is 65.4 Å². The van der Waals surface area contributed by atoms with E-state index in [1.165, 1.54) is 24.3 Å². The summed E-state index contributed by atoms with van der Waals surface area (Å²) in [7, 11) is 0. The molecule has 3 aliphatic carbocycles. The molecule has 0 bridgehead atoms. The second kappa shape index (κ2) is 17.3. The third-order valence-corrected chi connectivity index (χ3v) is 14.9. The Hall–Kier alpha value is -4.62. The van der Waals surface area contributed by atoms with Crippen molar-refractivity contribution in [3.8, 4) is 23.0 Å². The van der Waals surface area contributed by atoms with Crippen molar-refractivity contribution in [2.75, 3.05) is 4.72 Å². The summed E-state index contributed by atoms with van der Waals surface area (Å²) in [5.74, 6) is -1.12. The van der Waals surface area contributed by atoms with Gasteiger partial charge in [-0.2, -0.15) is 31.8 Å². The average Bonchev–Trinajstić information content (AvgIpc) is 4.13. The fourth-order valence-corrected chi connectivity index (χ4v) is 10.6. The Morgan fingerprint density at radius 1 is 0.984 bits per heavy atom. The van der Waals surface area contributed by atoms with Crippen molar-refractivity contribution in [3.05, 3.63) is 93.0 Å². The molecule has 64 heavy (non-hydrogen) atoms. The van der Waals surface area contributed by atoms with Gasteiger partial charge in [-0.3, -0.25) is 14.2 Å². The van der Waals surface area contributed by atoms with Gasteiger partial charge < -0.3 is 14.4 Å². The van der Waals surface area contributed by atoms with Crippen molar-refractivity contribution < 1.29 is 53.4 Å². The summed E-state index contributed by atoms with van der Waals surface area (Å²) < 4.78 is 159. The molecule has 5 aromatic rings. The fraction of sp³-hybridized carbons (Fsp3) is 0.429. The van der Waals surface area contributed by atoms with E-state index in [9.17, 15) is 44.6 Å². The fourth-order valence-electron chi connectivity index (χ4n) is 7.74. The molecule has 0 aliphatic heterocycles. The smallest absolute Gasteiger partial charge is 0.435 e. The van der Waals surface area contributed by atoms with Crippen LogP contribution in [0.2, 0.25) is 5.02 Å². The van der Waals surface area contributed by atoms with Gasteiger partial charge in [-0.05, 0) is 98.4 Å². The molecule has 10 nitrogen and oxygen atoms in total. The number of nitrogens with one attached hydrogen (secondary N) is 2. The van der Waals surface area contributed by atoms with Crippen molar-refractivity contribution in [1.29, 1.82) is 0 Å². The number of hydrogen-bond acceptors (Lipinski definition) is 7. The van der Waals surface area contributed by atoms with Gasteiger partial charge in [-0.1, -0.05) is 17.7 Å². The van der Waals surface area contributed by atoms with Gasteiger partial charge in [0.25, 0.3) is 12.3 Å². The zero-order valence-electron chi connectivity index (χ0n) is 33.8. The molecule has 8 rings (SSSR count). The molecule has 3 unspecified atom stereocenters. The first-order chi connectivity index (χ1) is 30.1. The highest BCUT2D eigenvalue weighted by molar-refractivity contribution is 7.94. The van der Waals surface area contributed by atoms with Gasteiger partial charge in [0.15, 0.2) is 10.4 Å². The van der Waals surface area contributed by atoms with E-state index in [1.54, 1.807) is 13.8 Å². The maximum Gasteiger partial charge on any atom is 0.435 e. The number of halogens is 10. The van der Waals surface area contributed by atoms with Crippen LogP contribution in [0.25, 0.3) is 22.0 Å². The molecule has 0 radical (unpaired) electrons. The SMILES string of the molecule is CC(C)(C#Cc1ccc(-c2ccc(Cl)c3c(N[S+]([O-])C4CC4)nn(CC(F)F)c23)c(C(Cc2cc(F)cc(F)c2)NC(=O)Cn2nc(C(F)(F)F)c3c2C(F)(F)CC3)n1)[S+]([O-])C1CC1. The molecule has 3 atom stereocenters. The number of hydrogen-bond donors (Lipinski definition) is 2. The van der Waals surface area contributed by atoms with Crippen LogP contribution >= 0.6 is 11.6 Å². The van der Waals surface area contributed by atoms with Crippen molar-refractivity contribution in [3.63, 3.8) is 0 Å². The van der Waals surface area contributed by atoms with Crippen LogP contribution in [0.4, 0.5) is 45.3 Å². The van der Waals surface area contributed by atoms with E-state index in [-0.39, 0.29) is 65.0 Å². The van der Waals surface area contributed by atoms with E-state index in [1.807, 2.05) is 0 Å². The van der Waals surface area contributed by atoms with Crippen LogP contribution in [-0.4, -0.2) is 61.2 Å². The third kappa shape index (κ3) is 9.66. The van der Waals surface area contributed by atoms with Crippen LogP contribution in [0.5, 0.6) is 0 Å². The van der Waals surface area contributed by atoms with Gasteiger partial charge in [0.05, 0.1) is 39.0 Å². The number of nitrogens with zero attached hydrogens (tertiary/aromatic N) is 5. The first-order valence-corrected chi connectivity index (χ1v) is 22.8. The van der Waals surface area contributed by atoms with Gasteiger partial charge >= 0.3 is 6.18 Å². The highest BCUT2D eigenvalue weighted by atomic mass is 35.5. The molecule has 22 heteroatoms. The standard InChI is InChI=1S/C42H37ClF9N7O3S2/c1-40(2,63(61)25-4-5-25)13-11-24-3-8-27(28-9-10-30(43)34-36(28)58(19-32(46)47)56-39(34)57-64(62)26-6-7-26)35(53-24)31(17-21-15-22(44)18-23(45)16-21)54-33(60)20-59-38-29(12-14-41(38,48)49)37(55-59)42(50,51)52/h3,8-10,15-16,18,25-26,31-32H,4-7,12,14,17,19-20H2,1-2H3,(H,54,60)(H,56,57). The first kappa shape index (κ1) is 45.9. The number of pyridine rings is 1. The predicted molar refractivity (Wildman–Crippen MR) is 221 cm³/mol. The van der Waals surface area contributed by atoms with Crippen LogP contribution in [0.15, 0.2) is 42.5 Å². The van der Waals surface area contributed by atoms with E-state index in [2.05, 4.69) is 32.1 Å². The number of amides is 1. The predicted octanol–water partition coefficient (Wildman–Crippen LogP) is 8.93. The Morgan fingerprint density at radius 3 is 2.30 bits per heavy atom. The van der Waals surface area contributed by atoms with E-state index >= 15 is 8.78 Å². The van der Waals surface area contributed by atoms with Crippen LogP contribution in [0.1, 0.15) is 85.9 Å². The molecular formula is C42H37ClF9N7O3S2. The summed E-state index contributed by atoms with van der Waals surface area (Å²) in [6.45, 7) is 1.24. The van der Waals surface area contributed by atoms with Gasteiger partial charge in [-0.15, -0.1) is 5.10 Å². The maximum atomic E-state index is 15.1. The molecule has 2 fully saturated rings. The number of aromatic nitrogens is 5. The highest BCUT2D eigenvalue weighted by Gasteiger charge is 2.50. The second-order valence-electron chi connectivity index (χ2n) is 16.4. The van der Waals surface area contributed by atoms with Gasteiger partial charge in [-0.25, -0.2) is 22.5 Å². The molecule has 3 aromatic heterocycles. The number of alkyl halides is 7. The lowest BCUT2D eigenvalue weighted by Crippen LogP contribution is -2.35. The Kier molecular flexibility index (Phi) is 12.4. The van der Waals surface area contributed by atoms with E-state index in [4.69, 9.17) is 16.6 Å². The Bertz CT molecular complexity index is 2670. The number of rotatable bonds is 14. The number of anilines is 1. The third-order valence-electron chi connectivity index (χ3n) is 10.9. The molecule has 1 amide bonds. The number of benzene rings is 2. The molecule has 340 valence electrons. The highest BCUT2D eigenvalue weighted by Crippen LogP contribution is 2.47. The Balaban J connectivity index is 1.30. The number of carbonyl (C=O) groups excluding carboxylic acids is 1. The van der Waals surface area contributed by atoms with Crippen molar-refractivity contribution in [2.45, 2.75) is 112 Å². The van der Waals surface area contributed by atoms with Crippen molar-refractivity contribution in [1.82, 2.24) is 29.9 Å².